The zero-order valence-electron chi connectivity index (χ0n) is 9.37. The Bertz CT molecular complexity index is 606. The minimum atomic E-state index is -1.07. The minimum Gasteiger partial charge on any atom is -0.481 e. The Morgan fingerprint density at radius 3 is 2.94 bits per heavy atom. The molecule has 2 aromatic heterocycles. The quantitative estimate of drug-likeness (QED) is 0.846. The summed E-state index contributed by atoms with van der Waals surface area (Å²) in [6.45, 7) is -0.442. The number of fused-ring (bicyclic) bond motifs is 1. The van der Waals surface area contributed by atoms with E-state index in [2.05, 4.69) is 9.72 Å². The number of esters is 1. The number of carbonyl (C=O) groups is 2. The van der Waals surface area contributed by atoms with Crippen molar-refractivity contribution in [1.29, 1.82) is 0 Å². The number of rotatable bonds is 4. The third-order valence-corrected chi connectivity index (χ3v) is 3.16. The molecule has 0 bridgehead atoms. The fourth-order valence-electron chi connectivity index (χ4n) is 1.38. The number of carboxylic acids is 1. The van der Waals surface area contributed by atoms with E-state index >= 15 is 0 Å². The summed E-state index contributed by atoms with van der Waals surface area (Å²) in [5.41, 5.74) is 0. The molecule has 0 aliphatic rings. The molecule has 94 valence electrons. The molecule has 0 amide bonds. The summed E-state index contributed by atoms with van der Waals surface area (Å²) in [6.07, 6.45) is 1.50. The second kappa shape index (κ2) is 5.01. The molecule has 0 unspecified atom stereocenters. The number of thiophene rings is 1. The summed E-state index contributed by atoms with van der Waals surface area (Å²) in [6, 6.07) is 3.13. The largest absolute Gasteiger partial charge is 0.481 e. The SMILES string of the molecule is COC(=O)c1cc2c(OCC(=O)O)ccnc2s1. The summed E-state index contributed by atoms with van der Waals surface area (Å²) in [5.74, 6) is -1.14. The molecule has 2 heterocycles. The van der Waals surface area contributed by atoms with E-state index in [1.807, 2.05) is 0 Å². The smallest absolute Gasteiger partial charge is 0.348 e. The summed E-state index contributed by atoms with van der Waals surface area (Å²) in [7, 11) is 1.29. The highest BCUT2D eigenvalue weighted by Gasteiger charge is 2.14. The molecule has 6 nitrogen and oxygen atoms in total. The van der Waals surface area contributed by atoms with Crippen molar-refractivity contribution in [3.05, 3.63) is 23.2 Å². The number of ether oxygens (including phenoxy) is 2. The van der Waals surface area contributed by atoms with Crippen LogP contribution in [0.1, 0.15) is 9.67 Å². The third kappa shape index (κ3) is 2.40. The molecule has 2 rings (SSSR count). The van der Waals surface area contributed by atoms with Gasteiger partial charge < -0.3 is 14.6 Å². The highest BCUT2D eigenvalue weighted by molar-refractivity contribution is 7.20. The molecule has 0 spiro atoms. The van der Waals surface area contributed by atoms with Gasteiger partial charge in [0, 0.05) is 6.20 Å². The summed E-state index contributed by atoms with van der Waals surface area (Å²) in [5, 5.41) is 9.17. The van der Waals surface area contributed by atoms with Crippen LogP contribution in [0.3, 0.4) is 0 Å². The molecule has 2 aromatic rings. The molecule has 7 heteroatoms. The lowest BCUT2D eigenvalue weighted by Crippen LogP contribution is -2.09. The fraction of sp³-hybridized carbons (Fsp3) is 0.182. The highest BCUT2D eigenvalue weighted by Crippen LogP contribution is 2.31. The maximum atomic E-state index is 11.4. The average molecular weight is 267 g/mol. The van der Waals surface area contributed by atoms with Gasteiger partial charge in [-0.3, -0.25) is 0 Å². The van der Waals surface area contributed by atoms with E-state index in [-0.39, 0.29) is 0 Å². The number of hydrogen-bond donors (Lipinski definition) is 1. The number of methoxy groups -OCH3 is 1. The fourth-order valence-corrected chi connectivity index (χ4v) is 2.32. The van der Waals surface area contributed by atoms with Gasteiger partial charge in [-0.1, -0.05) is 0 Å². The number of aromatic nitrogens is 1. The van der Waals surface area contributed by atoms with Crippen LogP contribution in [0.15, 0.2) is 18.3 Å². The Morgan fingerprint density at radius 1 is 1.50 bits per heavy atom. The number of nitrogens with zero attached hydrogens (tertiary/aromatic N) is 1. The van der Waals surface area contributed by atoms with E-state index in [1.54, 1.807) is 12.1 Å². The lowest BCUT2D eigenvalue weighted by molar-refractivity contribution is -0.139. The Balaban J connectivity index is 2.39. The molecule has 1 N–H and O–H groups in total. The van der Waals surface area contributed by atoms with E-state index in [9.17, 15) is 9.59 Å². The number of hydrogen-bond acceptors (Lipinski definition) is 6. The number of aliphatic carboxylic acids is 1. The van der Waals surface area contributed by atoms with Gasteiger partial charge in [0.1, 0.15) is 15.5 Å². The summed E-state index contributed by atoms with van der Waals surface area (Å²) < 4.78 is 9.74. The first-order valence-corrected chi connectivity index (χ1v) is 5.75. The molecular weight excluding hydrogens is 258 g/mol. The normalized spacial score (nSPS) is 10.3. The van der Waals surface area contributed by atoms with Crippen LogP contribution in [-0.4, -0.2) is 35.7 Å². The van der Waals surface area contributed by atoms with Crippen molar-refractivity contribution in [1.82, 2.24) is 4.98 Å². The van der Waals surface area contributed by atoms with Gasteiger partial charge in [0.25, 0.3) is 0 Å². The van der Waals surface area contributed by atoms with Gasteiger partial charge in [-0.25, -0.2) is 14.6 Å². The maximum Gasteiger partial charge on any atom is 0.348 e. The predicted octanol–water partition coefficient (Wildman–Crippen LogP) is 1.55. The van der Waals surface area contributed by atoms with Crippen LogP contribution < -0.4 is 4.74 Å². The van der Waals surface area contributed by atoms with E-state index in [4.69, 9.17) is 9.84 Å². The highest BCUT2D eigenvalue weighted by atomic mass is 32.1. The molecule has 0 fully saturated rings. The van der Waals surface area contributed by atoms with E-state index in [0.717, 1.165) is 0 Å². The third-order valence-electron chi connectivity index (χ3n) is 2.13. The summed E-state index contributed by atoms with van der Waals surface area (Å²) >= 11 is 1.17. The molecule has 0 atom stereocenters. The van der Waals surface area contributed by atoms with Crippen molar-refractivity contribution in [2.45, 2.75) is 0 Å². The second-order valence-electron chi connectivity index (χ2n) is 3.31. The van der Waals surface area contributed by atoms with Crippen molar-refractivity contribution in [2.75, 3.05) is 13.7 Å². The molecule has 0 saturated carbocycles. The molecule has 0 aliphatic heterocycles. The molecular formula is C11H9NO5S. The van der Waals surface area contributed by atoms with Gasteiger partial charge in [-0.05, 0) is 12.1 Å². The topological polar surface area (TPSA) is 85.7 Å². The Labute approximate surface area is 106 Å². The molecule has 18 heavy (non-hydrogen) atoms. The van der Waals surface area contributed by atoms with Crippen LogP contribution in [0.5, 0.6) is 5.75 Å². The predicted molar refractivity (Wildman–Crippen MR) is 64.1 cm³/mol. The van der Waals surface area contributed by atoms with Crippen LogP contribution in [0.25, 0.3) is 10.2 Å². The molecule has 0 aromatic carbocycles. The first kappa shape index (κ1) is 12.3. The molecule has 0 radical (unpaired) electrons. The number of pyridine rings is 1. The van der Waals surface area contributed by atoms with Gasteiger partial charge in [0.2, 0.25) is 0 Å². The summed E-state index contributed by atoms with van der Waals surface area (Å²) in [4.78, 5) is 26.9. The molecule has 0 saturated heterocycles. The van der Waals surface area contributed by atoms with Crippen molar-refractivity contribution in [3.8, 4) is 5.75 Å². The Kier molecular flexibility index (Phi) is 3.42. The van der Waals surface area contributed by atoms with Crippen molar-refractivity contribution >= 4 is 33.5 Å². The van der Waals surface area contributed by atoms with E-state index in [0.29, 0.717) is 20.8 Å². The monoisotopic (exact) mass is 267 g/mol. The Hall–Kier alpha value is -2.15. The van der Waals surface area contributed by atoms with Crippen LogP contribution in [0.2, 0.25) is 0 Å². The number of carbonyl (C=O) groups excluding carboxylic acids is 1. The van der Waals surface area contributed by atoms with Crippen molar-refractivity contribution in [2.24, 2.45) is 0 Å². The Morgan fingerprint density at radius 2 is 2.28 bits per heavy atom. The minimum absolute atomic E-state index is 0.383. The van der Waals surface area contributed by atoms with Crippen molar-refractivity contribution in [3.63, 3.8) is 0 Å². The first-order chi connectivity index (χ1) is 8.61. The lowest BCUT2D eigenvalue weighted by atomic mass is 10.3. The second-order valence-corrected chi connectivity index (χ2v) is 4.34. The van der Waals surface area contributed by atoms with Crippen LogP contribution in [0.4, 0.5) is 0 Å². The van der Waals surface area contributed by atoms with Crippen molar-refractivity contribution < 1.29 is 24.2 Å². The first-order valence-electron chi connectivity index (χ1n) is 4.93. The zero-order chi connectivity index (χ0) is 13.1. The van der Waals surface area contributed by atoms with Crippen LogP contribution in [-0.2, 0) is 9.53 Å². The van der Waals surface area contributed by atoms with Gasteiger partial charge in [-0.2, -0.15) is 0 Å². The van der Waals surface area contributed by atoms with E-state index in [1.165, 1.54) is 24.6 Å². The lowest BCUT2D eigenvalue weighted by Gasteiger charge is -2.03. The van der Waals surface area contributed by atoms with Gasteiger partial charge in [0.15, 0.2) is 6.61 Å². The average Bonchev–Trinajstić information content (AvgIpc) is 2.79. The maximum absolute atomic E-state index is 11.4. The van der Waals surface area contributed by atoms with Crippen LogP contribution in [0, 0.1) is 0 Å². The van der Waals surface area contributed by atoms with Gasteiger partial charge in [0.05, 0.1) is 12.5 Å². The van der Waals surface area contributed by atoms with Gasteiger partial charge in [-0.15, -0.1) is 11.3 Å². The molecule has 0 aliphatic carbocycles. The number of carboxylic acid groups (broad SMARTS) is 1. The zero-order valence-corrected chi connectivity index (χ0v) is 10.2. The van der Waals surface area contributed by atoms with Crippen LogP contribution >= 0.6 is 11.3 Å². The van der Waals surface area contributed by atoms with Gasteiger partial charge >= 0.3 is 11.9 Å². The standard InChI is InChI=1S/C11H9NO5S/c1-16-11(15)8-4-6-7(17-5-9(13)14)2-3-12-10(6)18-8/h2-4H,5H2,1H3,(H,13,14). The van der Waals surface area contributed by atoms with E-state index < -0.39 is 18.5 Å².